The van der Waals surface area contributed by atoms with E-state index in [-0.39, 0.29) is 0 Å². The summed E-state index contributed by atoms with van der Waals surface area (Å²) in [6.45, 7) is 5.65. The van der Waals surface area contributed by atoms with Gasteiger partial charge < -0.3 is 5.32 Å². The first-order valence-electron chi connectivity index (χ1n) is 7.20. The van der Waals surface area contributed by atoms with Crippen molar-refractivity contribution >= 4 is 10.9 Å². The standard InChI is InChI=1S/C18H19N3/c1-13-4-3-5-17(20-13)12-19-11-15-7-9-18-16(10-15)8-6-14(2)21-18/h3-10,19H,11-12H2,1-2H3. The van der Waals surface area contributed by atoms with Crippen molar-refractivity contribution in [3.63, 3.8) is 0 Å². The zero-order valence-electron chi connectivity index (χ0n) is 12.4. The first-order chi connectivity index (χ1) is 10.2. The molecule has 21 heavy (non-hydrogen) atoms. The van der Waals surface area contributed by atoms with Crippen molar-refractivity contribution in [1.29, 1.82) is 0 Å². The second-order valence-corrected chi connectivity index (χ2v) is 5.35. The lowest BCUT2D eigenvalue weighted by Crippen LogP contribution is -2.13. The summed E-state index contributed by atoms with van der Waals surface area (Å²) in [7, 11) is 0. The molecule has 0 aliphatic rings. The van der Waals surface area contributed by atoms with Crippen LogP contribution in [0.15, 0.2) is 48.5 Å². The third-order valence-electron chi connectivity index (χ3n) is 3.47. The molecule has 1 aromatic carbocycles. The fourth-order valence-electron chi connectivity index (χ4n) is 2.42. The third-order valence-corrected chi connectivity index (χ3v) is 3.47. The van der Waals surface area contributed by atoms with E-state index in [1.54, 1.807) is 0 Å². The van der Waals surface area contributed by atoms with Crippen LogP contribution in [-0.4, -0.2) is 9.97 Å². The van der Waals surface area contributed by atoms with E-state index < -0.39 is 0 Å². The van der Waals surface area contributed by atoms with Crippen molar-refractivity contribution in [1.82, 2.24) is 15.3 Å². The molecular formula is C18H19N3. The van der Waals surface area contributed by atoms with Gasteiger partial charge in [0.05, 0.1) is 11.2 Å². The molecule has 3 nitrogen and oxygen atoms in total. The summed E-state index contributed by atoms with van der Waals surface area (Å²) >= 11 is 0. The van der Waals surface area contributed by atoms with Gasteiger partial charge in [-0.15, -0.1) is 0 Å². The second-order valence-electron chi connectivity index (χ2n) is 5.35. The molecule has 0 fully saturated rings. The van der Waals surface area contributed by atoms with Crippen LogP contribution in [-0.2, 0) is 13.1 Å². The third kappa shape index (κ3) is 3.44. The van der Waals surface area contributed by atoms with Crippen LogP contribution < -0.4 is 5.32 Å². The number of nitrogens with zero attached hydrogens (tertiary/aromatic N) is 2. The first kappa shape index (κ1) is 13.7. The van der Waals surface area contributed by atoms with Gasteiger partial charge in [-0.25, -0.2) is 0 Å². The zero-order chi connectivity index (χ0) is 14.7. The number of rotatable bonds is 4. The average molecular weight is 277 g/mol. The van der Waals surface area contributed by atoms with Crippen molar-refractivity contribution in [2.24, 2.45) is 0 Å². The van der Waals surface area contributed by atoms with Crippen LogP contribution in [0, 0.1) is 13.8 Å². The SMILES string of the molecule is Cc1cccc(CNCc2ccc3nc(C)ccc3c2)n1. The molecule has 0 saturated heterocycles. The molecule has 1 N–H and O–H groups in total. The molecule has 0 bridgehead atoms. The lowest BCUT2D eigenvalue weighted by molar-refractivity contribution is 0.678. The van der Waals surface area contributed by atoms with Gasteiger partial charge in [-0.2, -0.15) is 0 Å². The van der Waals surface area contributed by atoms with Gasteiger partial charge >= 0.3 is 0 Å². The maximum atomic E-state index is 4.52. The van der Waals surface area contributed by atoms with Crippen molar-refractivity contribution in [2.45, 2.75) is 26.9 Å². The van der Waals surface area contributed by atoms with E-state index in [4.69, 9.17) is 0 Å². The molecule has 0 saturated carbocycles. The Morgan fingerprint density at radius 1 is 0.857 bits per heavy atom. The van der Waals surface area contributed by atoms with E-state index in [1.165, 1.54) is 10.9 Å². The van der Waals surface area contributed by atoms with Gasteiger partial charge in [0.25, 0.3) is 0 Å². The molecule has 0 aliphatic heterocycles. The van der Waals surface area contributed by atoms with Crippen LogP contribution in [0.4, 0.5) is 0 Å². The van der Waals surface area contributed by atoms with Crippen molar-refractivity contribution in [2.75, 3.05) is 0 Å². The number of aryl methyl sites for hydroxylation is 2. The molecule has 3 heteroatoms. The van der Waals surface area contributed by atoms with Gasteiger partial charge in [0.1, 0.15) is 0 Å². The Morgan fingerprint density at radius 2 is 1.71 bits per heavy atom. The van der Waals surface area contributed by atoms with E-state index >= 15 is 0 Å². The smallest absolute Gasteiger partial charge is 0.0705 e. The fourth-order valence-corrected chi connectivity index (χ4v) is 2.42. The Balaban J connectivity index is 1.66. The maximum Gasteiger partial charge on any atom is 0.0705 e. The Bertz CT molecular complexity index is 765. The highest BCUT2D eigenvalue weighted by atomic mass is 14.9. The van der Waals surface area contributed by atoms with Crippen LogP contribution in [0.2, 0.25) is 0 Å². The van der Waals surface area contributed by atoms with Crippen LogP contribution in [0.3, 0.4) is 0 Å². The number of nitrogens with one attached hydrogen (secondary N) is 1. The van der Waals surface area contributed by atoms with Crippen molar-refractivity contribution in [3.8, 4) is 0 Å². The highest BCUT2D eigenvalue weighted by molar-refractivity contribution is 5.79. The minimum absolute atomic E-state index is 0.784. The molecule has 0 spiro atoms. The lowest BCUT2D eigenvalue weighted by atomic mass is 10.1. The minimum Gasteiger partial charge on any atom is -0.307 e. The summed E-state index contributed by atoms with van der Waals surface area (Å²) in [5.41, 5.74) is 5.51. The average Bonchev–Trinajstić information content (AvgIpc) is 2.47. The topological polar surface area (TPSA) is 37.8 Å². The van der Waals surface area contributed by atoms with E-state index in [1.807, 2.05) is 32.0 Å². The summed E-state index contributed by atoms with van der Waals surface area (Å²) in [6.07, 6.45) is 0. The van der Waals surface area contributed by atoms with Crippen LogP contribution in [0.1, 0.15) is 22.6 Å². The molecule has 0 aliphatic carbocycles. The van der Waals surface area contributed by atoms with Gasteiger partial charge in [0.2, 0.25) is 0 Å². The van der Waals surface area contributed by atoms with Crippen molar-refractivity contribution < 1.29 is 0 Å². The van der Waals surface area contributed by atoms with E-state index in [0.29, 0.717) is 0 Å². The molecule has 106 valence electrons. The van der Waals surface area contributed by atoms with E-state index in [2.05, 4.69) is 45.6 Å². The molecule has 3 aromatic rings. The Labute approximate surface area is 125 Å². The number of fused-ring (bicyclic) bond motifs is 1. The number of aromatic nitrogens is 2. The summed E-state index contributed by atoms with van der Waals surface area (Å²) < 4.78 is 0. The van der Waals surface area contributed by atoms with Crippen LogP contribution >= 0.6 is 0 Å². The monoisotopic (exact) mass is 277 g/mol. The highest BCUT2D eigenvalue weighted by Gasteiger charge is 1.99. The van der Waals surface area contributed by atoms with Gasteiger partial charge in [-0.3, -0.25) is 9.97 Å². The Kier molecular flexibility index (Phi) is 3.93. The van der Waals surface area contributed by atoms with Crippen LogP contribution in [0.25, 0.3) is 10.9 Å². The summed E-state index contributed by atoms with van der Waals surface area (Å²) in [6, 6.07) is 16.7. The quantitative estimate of drug-likeness (QED) is 0.792. The highest BCUT2D eigenvalue weighted by Crippen LogP contribution is 2.14. The zero-order valence-corrected chi connectivity index (χ0v) is 12.4. The van der Waals surface area contributed by atoms with Crippen molar-refractivity contribution in [3.05, 3.63) is 71.2 Å². The minimum atomic E-state index is 0.784. The molecule has 3 rings (SSSR count). The summed E-state index contributed by atoms with van der Waals surface area (Å²) in [4.78, 5) is 9.02. The summed E-state index contributed by atoms with van der Waals surface area (Å²) in [5.74, 6) is 0. The molecule has 0 amide bonds. The van der Waals surface area contributed by atoms with Gasteiger partial charge in [-0.05, 0) is 49.7 Å². The van der Waals surface area contributed by atoms with E-state index in [0.717, 1.165) is 35.7 Å². The molecule has 2 aromatic heterocycles. The number of benzene rings is 1. The van der Waals surface area contributed by atoms with Gasteiger partial charge in [-0.1, -0.05) is 18.2 Å². The Morgan fingerprint density at radius 3 is 2.57 bits per heavy atom. The fraction of sp³-hybridized carbons (Fsp3) is 0.222. The van der Waals surface area contributed by atoms with Crippen LogP contribution in [0.5, 0.6) is 0 Å². The number of pyridine rings is 2. The number of hydrogen-bond donors (Lipinski definition) is 1. The first-order valence-corrected chi connectivity index (χ1v) is 7.20. The normalized spacial score (nSPS) is 11.0. The molecule has 0 unspecified atom stereocenters. The second kappa shape index (κ2) is 6.02. The lowest BCUT2D eigenvalue weighted by Gasteiger charge is -2.07. The van der Waals surface area contributed by atoms with Gasteiger partial charge in [0.15, 0.2) is 0 Å². The summed E-state index contributed by atoms with van der Waals surface area (Å²) in [5, 5.41) is 4.63. The number of hydrogen-bond acceptors (Lipinski definition) is 3. The van der Waals surface area contributed by atoms with E-state index in [9.17, 15) is 0 Å². The molecule has 2 heterocycles. The van der Waals surface area contributed by atoms with Gasteiger partial charge in [0, 0.05) is 29.9 Å². The largest absolute Gasteiger partial charge is 0.307 e. The predicted octanol–water partition coefficient (Wildman–Crippen LogP) is 3.54. The Hall–Kier alpha value is -2.26. The maximum absolute atomic E-state index is 4.52. The molecule has 0 radical (unpaired) electrons. The molecular weight excluding hydrogens is 258 g/mol. The molecule has 0 atom stereocenters. The predicted molar refractivity (Wildman–Crippen MR) is 86.0 cm³/mol.